The van der Waals surface area contributed by atoms with Crippen LogP contribution in [-0.2, 0) is 19.2 Å². The number of nitrogens with zero attached hydrogens (tertiary/aromatic N) is 4. The molecule has 2 aromatic carbocycles. The average Bonchev–Trinajstić information content (AvgIpc) is 3.56. The lowest BCUT2D eigenvalue weighted by molar-refractivity contribution is -0.140. The van der Waals surface area contributed by atoms with Crippen LogP contribution < -0.4 is 4.74 Å². The second-order valence-electron chi connectivity index (χ2n) is 9.03. The van der Waals surface area contributed by atoms with Crippen molar-refractivity contribution in [3.8, 4) is 11.5 Å². The van der Waals surface area contributed by atoms with E-state index in [0.29, 0.717) is 0 Å². The predicted molar refractivity (Wildman–Crippen MR) is 126 cm³/mol. The van der Waals surface area contributed by atoms with Gasteiger partial charge in [0.2, 0.25) is 11.8 Å². The molecular weight excluding hydrogens is 512 g/mol. The molecule has 4 aliphatic rings. The summed E-state index contributed by atoms with van der Waals surface area (Å²) in [7, 11) is 0. The molecule has 0 atom stereocenters. The first-order valence-electron chi connectivity index (χ1n) is 11.7. The molecule has 1 saturated heterocycles. The molecule has 13 heteroatoms. The summed E-state index contributed by atoms with van der Waals surface area (Å²) in [6.45, 7) is -0.998. The van der Waals surface area contributed by atoms with Crippen LogP contribution in [0.1, 0.15) is 54.3 Å². The second kappa shape index (κ2) is 8.55. The Labute approximate surface area is 218 Å². The van der Waals surface area contributed by atoms with Crippen LogP contribution in [0.25, 0.3) is 0 Å². The highest BCUT2D eigenvalue weighted by Gasteiger charge is 2.41. The Morgan fingerprint density at radius 1 is 0.513 bits per heavy atom. The van der Waals surface area contributed by atoms with Crippen molar-refractivity contribution in [2.45, 2.75) is 12.8 Å². The van der Waals surface area contributed by atoms with Gasteiger partial charge in [-0.3, -0.25) is 58.0 Å². The molecule has 4 aliphatic heterocycles. The molecule has 0 saturated carbocycles. The van der Waals surface area contributed by atoms with E-state index in [1.165, 1.54) is 36.4 Å². The number of rotatable bonds is 6. The molecule has 0 aliphatic carbocycles. The molecule has 0 aromatic heterocycles. The summed E-state index contributed by atoms with van der Waals surface area (Å²) in [4.78, 5) is 102. The Morgan fingerprint density at radius 3 is 1.38 bits per heavy atom. The number of likely N-dealkylation sites (tertiary alicyclic amines) is 1. The molecule has 39 heavy (non-hydrogen) atoms. The fourth-order valence-electron chi connectivity index (χ4n) is 4.69. The van der Waals surface area contributed by atoms with Crippen LogP contribution in [0, 0.1) is 0 Å². The molecule has 0 spiro atoms. The van der Waals surface area contributed by atoms with Crippen molar-refractivity contribution >= 4 is 47.3 Å². The molecule has 8 amide bonds. The smallest absolute Gasteiger partial charge is 0.263 e. The molecular formula is C26H16N4O9. The Balaban J connectivity index is 1.20. The highest BCUT2D eigenvalue weighted by Crippen LogP contribution is 2.33. The lowest BCUT2D eigenvalue weighted by atomic mass is 10.1. The van der Waals surface area contributed by atoms with Crippen molar-refractivity contribution in [1.29, 1.82) is 0 Å². The van der Waals surface area contributed by atoms with Gasteiger partial charge in [0.25, 0.3) is 35.4 Å². The fraction of sp³-hybridized carbons (Fsp3) is 0.154. The molecule has 1 fully saturated rings. The molecule has 194 valence electrons. The first kappa shape index (κ1) is 23.9. The minimum atomic E-state index is -0.718. The van der Waals surface area contributed by atoms with Gasteiger partial charge in [0.1, 0.15) is 24.8 Å². The summed E-state index contributed by atoms with van der Waals surface area (Å²) in [6.07, 6.45) is 2.15. The van der Waals surface area contributed by atoms with Gasteiger partial charge in [-0.25, -0.2) is 0 Å². The van der Waals surface area contributed by atoms with Gasteiger partial charge in [0.05, 0.1) is 22.3 Å². The second-order valence-corrected chi connectivity index (χ2v) is 9.03. The zero-order valence-corrected chi connectivity index (χ0v) is 19.9. The summed E-state index contributed by atoms with van der Waals surface area (Å²) in [5, 5.41) is 0. The van der Waals surface area contributed by atoms with Gasteiger partial charge in [-0.1, -0.05) is 0 Å². The summed E-state index contributed by atoms with van der Waals surface area (Å²) in [5.74, 6) is -4.63. The van der Waals surface area contributed by atoms with Gasteiger partial charge in [-0.2, -0.15) is 0 Å². The largest absolute Gasteiger partial charge is 0.457 e. The summed E-state index contributed by atoms with van der Waals surface area (Å²) in [6, 6.07) is 8.25. The van der Waals surface area contributed by atoms with Gasteiger partial charge in [-0.05, 0) is 36.4 Å². The zero-order chi connectivity index (χ0) is 27.6. The van der Waals surface area contributed by atoms with E-state index >= 15 is 0 Å². The summed E-state index contributed by atoms with van der Waals surface area (Å²) in [5.41, 5.74) is 0.167. The zero-order valence-electron chi connectivity index (χ0n) is 19.9. The number of benzene rings is 2. The van der Waals surface area contributed by atoms with Crippen LogP contribution in [0.3, 0.4) is 0 Å². The van der Waals surface area contributed by atoms with E-state index in [0.717, 1.165) is 31.8 Å². The number of carbonyl (C=O) groups excluding carboxylic acids is 8. The van der Waals surface area contributed by atoms with E-state index in [4.69, 9.17) is 4.74 Å². The Kier molecular flexibility index (Phi) is 5.24. The topological polar surface area (TPSA) is 159 Å². The van der Waals surface area contributed by atoms with E-state index in [9.17, 15) is 38.4 Å². The third kappa shape index (κ3) is 3.70. The third-order valence-corrected chi connectivity index (χ3v) is 6.74. The SMILES string of the molecule is O=C1C=CC(=O)N1CN1C(=O)c2ccc(Oc3ccc4c(c3)C(=O)N(CN3C(=O)CCC3=O)C4=O)cc2C1=O. The first-order valence-corrected chi connectivity index (χ1v) is 11.7. The van der Waals surface area contributed by atoms with Gasteiger partial charge in [0, 0.05) is 25.0 Å². The van der Waals surface area contributed by atoms with Crippen molar-refractivity contribution in [2.75, 3.05) is 13.3 Å². The molecule has 4 heterocycles. The van der Waals surface area contributed by atoms with Crippen molar-refractivity contribution in [2.24, 2.45) is 0 Å². The standard InChI is InChI=1S/C26H16N4O9/c31-19-5-6-20(32)27(19)11-29-23(35)15-3-1-13(9-17(15)25(29)37)39-14-2-4-16-18(10-14)26(38)30(24(16)36)12-28-21(33)7-8-22(28)34/h1-6,9-10H,7-8,11-12H2. The summed E-state index contributed by atoms with van der Waals surface area (Å²) >= 11 is 0. The van der Waals surface area contributed by atoms with E-state index in [1.54, 1.807) is 0 Å². The normalized spacial score (nSPS) is 18.4. The van der Waals surface area contributed by atoms with Gasteiger partial charge < -0.3 is 4.74 Å². The van der Waals surface area contributed by atoms with Crippen LogP contribution in [0.2, 0.25) is 0 Å². The maximum Gasteiger partial charge on any atom is 0.263 e. The van der Waals surface area contributed by atoms with E-state index in [-0.39, 0.29) is 46.6 Å². The van der Waals surface area contributed by atoms with Crippen LogP contribution in [0.15, 0.2) is 48.6 Å². The van der Waals surface area contributed by atoms with Gasteiger partial charge in [0.15, 0.2) is 0 Å². The maximum atomic E-state index is 12.9. The Morgan fingerprint density at radius 2 is 0.923 bits per heavy atom. The molecule has 13 nitrogen and oxygen atoms in total. The monoisotopic (exact) mass is 528 g/mol. The third-order valence-electron chi connectivity index (χ3n) is 6.74. The van der Waals surface area contributed by atoms with Crippen molar-refractivity contribution in [3.63, 3.8) is 0 Å². The quantitative estimate of drug-likeness (QED) is 0.491. The molecule has 0 bridgehead atoms. The highest BCUT2D eigenvalue weighted by molar-refractivity contribution is 6.23. The number of imide groups is 4. The number of hydrogen-bond acceptors (Lipinski definition) is 9. The maximum absolute atomic E-state index is 12.9. The van der Waals surface area contributed by atoms with E-state index in [1.807, 2.05) is 0 Å². The molecule has 6 rings (SSSR count). The first-order chi connectivity index (χ1) is 18.6. The predicted octanol–water partition coefficient (Wildman–Crippen LogP) is 0.660. The fourth-order valence-corrected chi connectivity index (χ4v) is 4.69. The number of ether oxygens (including phenoxy) is 1. The Hall–Kier alpha value is -5.46. The number of amides is 8. The Bertz CT molecular complexity index is 1510. The molecule has 0 N–H and O–H groups in total. The van der Waals surface area contributed by atoms with Gasteiger partial charge in [-0.15, -0.1) is 0 Å². The van der Waals surface area contributed by atoms with Crippen LogP contribution in [-0.4, -0.2) is 80.2 Å². The van der Waals surface area contributed by atoms with Crippen molar-refractivity contribution in [3.05, 3.63) is 70.8 Å². The van der Waals surface area contributed by atoms with Crippen molar-refractivity contribution in [1.82, 2.24) is 19.6 Å². The lowest BCUT2D eigenvalue weighted by Crippen LogP contribution is -2.43. The minimum absolute atomic E-state index is 0.00286. The number of carbonyl (C=O) groups is 8. The number of fused-ring (bicyclic) bond motifs is 2. The van der Waals surface area contributed by atoms with Crippen LogP contribution >= 0.6 is 0 Å². The lowest BCUT2D eigenvalue weighted by Gasteiger charge is -2.20. The van der Waals surface area contributed by atoms with Gasteiger partial charge >= 0.3 is 0 Å². The van der Waals surface area contributed by atoms with Crippen LogP contribution in [0.4, 0.5) is 0 Å². The van der Waals surface area contributed by atoms with E-state index in [2.05, 4.69) is 0 Å². The molecule has 0 unspecified atom stereocenters. The van der Waals surface area contributed by atoms with Crippen LogP contribution in [0.5, 0.6) is 11.5 Å². The summed E-state index contributed by atoms with van der Waals surface area (Å²) < 4.78 is 5.79. The highest BCUT2D eigenvalue weighted by atomic mass is 16.5. The average molecular weight is 528 g/mol. The van der Waals surface area contributed by atoms with Crippen molar-refractivity contribution < 1.29 is 43.1 Å². The molecule has 0 radical (unpaired) electrons. The molecule has 2 aromatic rings. The minimum Gasteiger partial charge on any atom is -0.457 e. The number of hydrogen-bond donors (Lipinski definition) is 0. The van der Waals surface area contributed by atoms with E-state index < -0.39 is 60.6 Å².